The number of hydrogen-bond acceptors (Lipinski definition) is 7. The highest BCUT2D eigenvalue weighted by atomic mass is 32.1. The number of rotatable bonds is 4. The number of benzene rings is 1. The fraction of sp³-hybridized carbons (Fsp3) is 0.364. The van der Waals surface area contributed by atoms with Crippen LogP contribution in [0.2, 0.25) is 0 Å². The van der Waals surface area contributed by atoms with Crippen molar-refractivity contribution in [3.63, 3.8) is 0 Å². The van der Waals surface area contributed by atoms with Crippen LogP contribution < -0.4 is 10.2 Å². The molecule has 1 saturated heterocycles. The molecule has 1 aliphatic carbocycles. The van der Waals surface area contributed by atoms with E-state index in [0.29, 0.717) is 29.0 Å². The number of piperidine rings is 1. The van der Waals surface area contributed by atoms with Crippen LogP contribution in [0, 0.1) is 36.2 Å². The van der Waals surface area contributed by atoms with Gasteiger partial charge in [0.25, 0.3) is 0 Å². The number of hydrogen-bond donors (Lipinski definition) is 1. The maximum atomic E-state index is 14.4. The molecule has 33 heavy (non-hydrogen) atoms. The first-order valence-electron chi connectivity index (χ1n) is 10.8. The lowest BCUT2D eigenvalue weighted by molar-refractivity contribution is 0.376. The first-order valence-corrected chi connectivity index (χ1v) is 11.6. The summed E-state index contributed by atoms with van der Waals surface area (Å²) in [6, 6.07) is 5.65. The minimum atomic E-state index is -1.50. The summed E-state index contributed by atoms with van der Waals surface area (Å²) in [5.41, 5.74) is 0.664. The normalized spacial score (nSPS) is 22.3. The Bertz CT molecular complexity index is 1340. The van der Waals surface area contributed by atoms with Gasteiger partial charge in [0.15, 0.2) is 23.1 Å². The van der Waals surface area contributed by atoms with Crippen LogP contribution in [-0.4, -0.2) is 43.1 Å². The molecule has 1 unspecified atom stereocenters. The van der Waals surface area contributed by atoms with E-state index < -0.39 is 17.5 Å². The van der Waals surface area contributed by atoms with E-state index in [2.05, 4.69) is 29.7 Å². The predicted molar refractivity (Wildman–Crippen MR) is 119 cm³/mol. The number of aryl methyl sites for hydroxylation is 1. The summed E-state index contributed by atoms with van der Waals surface area (Å²) >= 11 is 1.43. The van der Waals surface area contributed by atoms with Crippen LogP contribution in [-0.2, 0) is 0 Å². The van der Waals surface area contributed by atoms with Gasteiger partial charge < -0.3 is 10.2 Å². The molecule has 2 aliphatic rings. The Hall–Kier alpha value is -3.21. The fourth-order valence-electron chi connectivity index (χ4n) is 5.09. The summed E-state index contributed by atoms with van der Waals surface area (Å²) in [4.78, 5) is 11.4. The molecule has 0 radical (unpaired) electrons. The van der Waals surface area contributed by atoms with Crippen molar-refractivity contribution in [3.05, 3.63) is 53.7 Å². The molecule has 1 N–H and O–H groups in total. The molecule has 11 heteroatoms. The Morgan fingerprint density at radius 1 is 1.00 bits per heavy atom. The summed E-state index contributed by atoms with van der Waals surface area (Å²) in [7, 11) is 0. The molecule has 1 aromatic carbocycles. The van der Waals surface area contributed by atoms with Crippen molar-refractivity contribution in [1.82, 2.24) is 24.0 Å². The third-order valence-corrected chi connectivity index (χ3v) is 7.47. The average molecular weight is 472 g/mol. The zero-order valence-corrected chi connectivity index (χ0v) is 18.5. The van der Waals surface area contributed by atoms with Gasteiger partial charge in [-0.25, -0.2) is 22.7 Å². The van der Waals surface area contributed by atoms with E-state index in [0.717, 1.165) is 43.0 Å². The highest BCUT2D eigenvalue weighted by Gasteiger charge is 2.43. The second kappa shape index (κ2) is 7.68. The number of nitrogens with zero attached hydrogens (tertiary/aromatic N) is 6. The second-order valence-electron chi connectivity index (χ2n) is 8.65. The minimum Gasteiger partial charge on any atom is -0.349 e. The first kappa shape index (κ1) is 20.4. The zero-order chi connectivity index (χ0) is 22.7. The summed E-state index contributed by atoms with van der Waals surface area (Å²) in [5.74, 6) is -1.89. The lowest BCUT2D eigenvalue weighted by Crippen LogP contribution is -2.48. The molecule has 1 saturated carbocycles. The van der Waals surface area contributed by atoms with Gasteiger partial charge in [-0.3, -0.25) is 0 Å². The van der Waals surface area contributed by atoms with Crippen LogP contribution >= 0.6 is 11.5 Å². The van der Waals surface area contributed by atoms with Gasteiger partial charge in [0.2, 0.25) is 11.1 Å². The van der Waals surface area contributed by atoms with Gasteiger partial charge in [0.1, 0.15) is 5.82 Å². The van der Waals surface area contributed by atoms with Gasteiger partial charge in [-0.2, -0.15) is 9.36 Å². The molecule has 2 fully saturated rings. The topological polar surface area (TPSA) is 71.2 Å². The number of pyridine rings is 1. The Morgan fingerprint density at radius 2 is 1.79 bits per heavy atom. The second-order valence-corrected chi connectivity index (χ2v) is 9.38. The molecule has 0 amide bonds. The molecule has 4 aromatic rings. The monoisotopic (exact) mass is 471 g/mol. The van der Waals surface area contributed by atoms with Gasteiger partial charge in [0, 0.05) is 48.0 Å². The minimum absolute atomic E-state index is 0.0563. The standard InChI is InChI=1S/C22H20F3N7S/c1-11-26-22(33-30-11)31-9-12-4-5-13(10-31)19(12)27-21-28-20-15(3-2-8-32(20)29-21)14-6-7-16(23)18(25)17(14)24/h2-3,6-8,12-13,19H,4-5,9-10H2,1H3,(H,27,29)/t12-,13+,19?. The lowest BCUT2D eigenvalue weighted by atomic mass is 9.92. The molecule has 170 valence electrons. The van der Waals surface area contributed by atoms with E-state index >= 15 is 0 Å². The van der Waals surface area contributed by atoms with Gasteiger partial charge in [-0.1, -0.05) is 0 Å². The van der Waals surface area contributed by atoms with Crippen molar-refractivity contribution in [2.45, 2.75) is 25.8 Å². The fourth-order valence-corrected chi connectivity index (χ4v) is 5.78. The molecule has 2 bridgehead atoms. The highest BCUT2D eigenvalue weighted by Crippen LogP contribution is 2.40. The third-order valence-electron chi connectivity index (χ3n) is 6.60. The van der Waals surface area contributed by atoms with Gasteiger partial charge in [0.05, 0.1) is 0 Å². The molecule has 0 spiro atoms. The Labute approximate surface area is 191 Å². The smallest absolute Gasteiger partial charge is 0.243 e. The van der Waals surface area contributed by atoms with Crippen LogP contribution in [0.3, 0.4) is 0 Å². The molecule has 6 rings (SSSR count). The summed E-state index contributed by atoms with van der Waals surface area (Å²) < 4.78 is 47.5. The number of halogens is 3. The van der Waals surface area contributed by atoms with Crippen LogP contribution in [0.1, 0.15) is 18.7 Å². The van der Waals surface area contributed by atoms with Crippen molar-refractivity contribution in [3.8, 4) is 11.1 Å². The SMILES string of the molecule is Cc1nsc(N2C[C@H]3CC[C@@H](C2)C3Nc2nc3c(-c4ccc(F)c(F)c4F)cccn3n2)n1. The molecular formula is C22H20F3N7S. The third kappa shape index (κ3) is 3.41. The Kier molecular flexibility index (Phi) is 4.75. The molecular weight excluding hydrogens is 451 g/mol. The Morgan fingerprint density at radius 3 is 2.52 bits per heavy atom. The van der Waals surface area contributed by atoms with E-state index in [-0.39, 0.29) is 11.6 Å². The van der Waals surface area contributed by atoms with Crippen molar-refractivity contribution in [2.24, 2.45) is 11.8 Å². The maximum absolute atomic E-state index is 14.4. The number of aromatic nitrogens is 5. The summed E-state index contributed by atoms with van der Waals surface area (Å²) in [5, 5.41) is 8.97. The highest BCUT2D eigenvalue weighted by molar-refractivity contribution is 7.09. The quantitative estimate of drug-likeness (QED) is 0.448. The first-order chi connectivity index (χ1) is 16.0. The van der Waals surface area contributed by atoms with Gasteiger partial charge in [-0.15, -0.1) is 5.10 Å². The summed E-state index contributed by atoms with van der Waals surface area (Å²) in [6.07, 6.45) is 3.91. The zero-order valence-electron chi connectivity index (χ0n) is 17.7. The van der Waals surface area contributed by atoms with Gasteiger partial charge >= 0.3 is 0 Å². The largest absolute Gasteiger partial charge is 0.349 e. The predicted octanol–water partition coefficient (Wildman–Crippen LogP) is 4.30. The molecule has 7 nitrogen and oxygen atoms in total. The average Bonchev–Trinajstić information content (AvgIpc) is 3.48. The van der Waals surface area contributed by atoms with Crippen LogP contribution in [0.5, 0.6) is 0 Å². The van der Waals surface area contributed by atoms with Crippen molar-refractivity contribution in [1.29, 1.82) is 0 Å². The van der Waals surface area contributed by atoms with Crippen LogP contribution in [0.15, 0.2) is 30.5 Å². The maximum Gasteiger partial charge on any atom is 0.243 e. The van der Waals surface area contributed by atoms with E-state index in [1.54, 1.807) is 18.3 Å². The number of anilines is 2. The Balaban J connectivity index is 1.28. The van der Waals surface area contributed by atoms with Crippen molar-refractivity contribution >= 4 is 28.3 Å². The van der Waals surface area contributed by atoms with Crippen molar-refractivity contribution in [2.75, 3.05) is 23.3 Å². The van der Waals surface area contributed by atoms with Gasteiger partial charge in [-0.05, 0) is 55.9 Å². The summed E-state index contributed by atoms with van der Waals surface area (Å²) in [6.45, 7) is 3.68. The van der Waals surface area contributed by atoms with E-state index in [9.17, 15) is 13.2 Å². The number of fused-ring (bicyclic) bond motifs is 3. The molecule has 4 heterocycles. The lowest BCUT2D eigenvalue weighted by Gasteiger charge is -2.37. The van der Waals surface area contributed by atoms with Crippen molar-refractivity contribution < 1.29 is 13.2 Å². The molecule has 3 aromatic heterocycles. The van der Waals surface area contributed by atoms with Crippen LogP contribution in [0.4, 0.5) is 24.3 Å². The van der Waals surface area contributed by atoms with E-state index in [1.807, 2.05) is 6.92 Å². The number of nitrogens with one attached hydrogen (secondary N) is 1. The van der Waals surface area contributed by atoms with E-state index in [4.69, 9.17) is 0 Å². The molecule has 3 atom stereocenters. The molecule has 1 aliphatic heterocycles. The van der Waals surface area contributed by atoms with Crippen LogP contribution in [0.25, 0.3) is 16.8 Å². The van der Waals surface area contributed by atoms with E-state index in [1.165, 1.54) is 22.1 Å².